The van der Waals surface area contributed by atoms with Crippen LogP contribution in [0.25, 0.3) is 11.1 Å². The number of rotatable bonds is 4. The van der Waals surface area contributed by atoms with Crippen LogP contribution in [0.2, 0.25) is 0 Å². The summed E-state index contributed by atoms with van der Waals surface area (Å²) in [5, 5.41) is 10.4. The predicted octanol–water partition coefficient (Wildman–Crippen LogP) is 2.77. The summed E-state index contributed by atoms with van der Waals surface area (Å²) >= 11 is 0. The molecule has 154 valence electrons. The van der Waals surface area contributed by atoms with Crippen LogP contribution in [0, 0.1) is 13.8 Å². The van der Waals surface area contributed by atoms with Gasteiger partial charge in [-0.2, -0.15) is 0 Å². The number of sulfonamides is 1. The lowest BCUT2D eigenvalue weighted by Crippen LogP contribution is -2.47. The maximum Gasteiger partial charge on any atom is 0.240 e. The lowest BCUT2D eigenvalue weighted by molar-refractivity contribution is 0.0466. The zero-order valence-electron chi connectivity index (χ0n) is 17.0. The topological polar surface area (TPSA) is 105 Å². The van der Waals surface area contributed by atoms with Gasteiger partial charge in [-0.05, 0) is 80.0 Å². The summed E-state index contributed by atoms with van der Waals surface area (Å²) < 4.78 is 28.5. The molecule has 0 spiro atoms. The molecule has 7 heteroatoms. The van der Waals surface area contributed by atoms with Crippen molar-refractivity contribution in [3.05, 3.63) is 52.6 Å². The minimum atomic E-state index is -3.71. The normalized spacial score (nSPS) is 23.9. The van der Waals surface area contributed by atoms with E-state index in [4.69, 9.17) is 5.73 Å². The lowest BCUT2D eigenvalue weighted by atomic mass is 9.91. The van der Waals surface area contributed by atoms with Crippen molar-refractivity contribution in [3.8, 4) is 11.1 Å². The number of nitrogens with zero attached hydrogens (tertiary/aromatic N) is 1. The Balaban J connectivity index is 1.67. The van der Waals surface area contributed by atoms with Gasteiger partial charge in [-0.1, -0.05) is 18.2 Å². The van der Waals surface area contributed by atoms with E-state index in [2.05, 4.69) is 9.71 Å². The minimum Gasteiger partial charge on any atom is -0.389 e. The van der Waals surface area contributed by atoms with Crippen molar-refractivity contribution in [2.45, 2.75) is 63.1 Å². The van der Waals surface area contributed by atoms with Crippen molar-refractivity contribution in [1.29, 1.82) is 0 Å². The van der Waals surface area contributed by atoms with E-state index in [1.807, 2.05) is 32.0 Å². The largest absolute Gasteiger partial charge is 0.389 e. The summed E-state index contributed by atoms with van der Waals surface area (Å²) in [5.41, 5.74) is 11.1. The number of nitrogens with one attached hydrogen (secondary N) is 1. The number of benzene rings is 2. The van der Waals surface area contributed by atoms with Gasteiger partial charge >= 0.3 is 0 Å². The van der Waals surface area contributed by atoms with Crippen LogP contribution in [0.5, 0.6) is 0 Å². The average Bonchev–Trinajstić information content (AvgIpc) is 3.18. The van der Waals surface area contributed by atoms with Crippen molar-refractivity contribution in [3.63, 3.8) is 0 Å². The van der Waals surface area contributed by atoms with Gasteiger partial charge in [0.1, 0.15) is 5.84 Å². The molecule has 4 N–H and O–H groups in total. The third kappa shape index (κ3) is 3.47. The number of fused-ring (bicyclic) bond motifs is 1. The van der Waals surface area contributed by atoms with Crippen molar-refractivity contribution in [2.75, 3.05) is 0 Å². The Morgan fingerprint density at radius 3 is 2.59 bits per heavy atom. The van der Waals surface area contributed by atoms with Gasteiger partial charge in [-0.3, -0.25) is 4.99 Å². The molecule has 1 fully saturated rings. The molecule has 2 atom stereocenters. The highest BCUT2D eigenvalue weighted by Crippen LogP contribution is 2.34. The maximum atomic E-state index is 12.9. The Labute approximate surface area is 171 Å². The van der Waals surface area contributed by atoms with Gasteiger partial charge in [-0.25, -0.2) is 13.1 Å². The second-order valence-corrected chi connectivity index (χ2v) is 10.1. The van der Waals surface area contributed by atoms with Gasteiger partial charge < -0.3 is 10.8 Å². The summed E-state index contributed by atoms with van der Waals surface area (Å²) in [4.78, 5) is 4.53. The molecule has 4 rings (SSSR count). The van der Waals surface area contributed by atoms with E-state index in [0.29, 0.717) is 25.2 Å². The van der Waals surface area contributed by atoms with E-state index in [1.165, 1.54) is 0 Å². The highest BCUT2D eigenvalue weighted by Gasteiger charge is 2.39. The van der Waals surface area contributed by atoms with E-state index >= 15 is 0 Å². The standard InChI is InChI=1S/C22H27N3O3S/c1-13-11-16(29(27,28)25-19-5-4-10-22(19,3)26)7-9-17(13)18-8-6-15-12-24-21(23)20(15)14(18)2/h6-9,11,19,25-26H,4-5,10,12H2,1-3H3,(H2,23,24)/t19-,22+/m0/s1. The van der Waals surface area contributed by atoms with Gasteiger partial charge in [0.25, 0.3) is 0 Å². The fourth-order valence-electron chi connectivity index (χ4n) is 4.49. The van der Waals surface area contributed by atoms with Gasteiger partial charge in [-0.15, -0.1) is 0 Å². The molecule has 0 amide bonds. The summed E-state index contributed by atoms with van der Waals surface area (Å²) in [7, 11) is -3.71. The van der Waals surface area contributed by atoms with E-state index in [0.717, 1.165) is 39.8 Å². The van der Waals surface area contributed by atoms with E-state index in [9.17, 15) is 13.5 Å². The molecule has 1 heterocycles. The first kappa shape index (κ1) is 20.1. The number of aliphatic hydroxyl groups is 1. The number of hydrogen-bond donors (Lipinski definition) is 3. The van der Waals surface area contributed by atoms with E-state index in [1.54, 1.807) is 19.1 Å². The molecule has 2 aliphatic rings. The summed E-state index contributed by atoms with van der Waals surface area (Å²) in [6, 6.07) is 8.77. The van der Waals surface area contributed by atoms with Crippen molar-refractivity contribution in [1.82, 2.24) is 4.72 Å². The lowest BCUT2D eigenvalue weighted by Gasteiger charge is -2.26. The summed E-state index contributed by atoms with van der Waals surface area (Å²) in [5.74, 6) is 0.559. The number of amidine groups is 1. The molecule has 0 unspecified atom stereocenters. The van der Waals surface area contributed by atoms with Gasteiger partial charge in [0.15, 0.2) is 0 Å². The Morgan fingerprint density at radius 2 is 1.93 bits per heavy atom. The maximum absolute atomic E-state index is 12.9. The quantitative estimate of drug-likeness (QED) is 0.717. The fourth-order valence-corrected chi connectivity index (χ4v) is 5.95. The minimum absolute atomic E-state index is 0.210. The van der Waals surface area contributed by atoms with Crippen molar-refractivity contribution < 1.29 is 13.5 Å². The van der Waals surface area contributed by atoms with Crippen LogP contribution < -0.4 is 10.5 Å². The fraction of sp³-hybridized carbons (Fsp3) is 0.409. The zero-order chi connectivity index (χ0) is 21.0. The number of hydrogen-bond acceptors (Lipinski definition) is 5. The molecule has 0 saturated heterocycles. The van der Waals surface area contributed by atoms with Crippen LogP contribution in [-0.2, 0) is 16.6 Å². The third-order valence-corrected chi connectivity index (χ3v) is 7.72. The molecule has 1 saturated carbocycles. The molecule has 0 radical (unpaired) electrons. The molecule has 0 aromatic heterocycles. The van der Waals surface area contributed by atoms with Crippen molar-refractivity contribution >= 4 is 15.9 Å². The third-order valence-electron chi connectivity index (χ3n) is 6.25. The van der Waals surface area contributed by atoms with E-state index < -0.39 is 21.7 Å². The number of aryl methyl sites for hydroxylation is 1. The smallest absolute Gasteiger partial charge is 0.240 e. The van der Waals surface area contributed by atoms with Crippen LogP contribution in [-0.4, -0.2) is 31.0 Å². The van der Waals surface area contributed by atoms with Crippen LogP contribution in [0.1, 0.15) is 48.4 Å². The number of nitrogens with two attached hydrogens (primary N) is 1. The summed E-state index contributed by atoms with van der Waals surface area (Å²) in [6.07, 6.45) is 2.05. The molecule has 2 aromatic carbocycles. The Bertz CT molecular complexity index is 1120. The van der Waals surface area contributed by atoms with E-state index in [-0.39, 0.29) is 4.90 Å². The first-order valence-electron chi connectivity index (χ1n) is 9.89. The molecular weight excluding hydrogens is 386 g/mol. The molecule has 1 aliphatic heterocycles. The second kappa shape index (κ2) is 6.93. The molecule has 6 nitrogen and oxygen atoms in total. The Morgan fingerprint density at radius 1 is 1.21 bits per heavy atom. The Kier molecular flexibility index (Phi) is 4.80. The Hall–Kier alpha value is -2.22. The first-order valence-corrected chi connectivity index (χ1v) is 11.4. The SMILES string of the molecule is Cc1cc(S(=O)(=O)N[C@H]2CCC[C@@]2(C)O)ccc1-c1ccc2c(c1C)C(N)=NC2. The van der Waals surface area contributed by atoms with Crippen LogP contribution in [0.15, 0.2) is 40.2 Å². The average molecular weight is 414 g/mol. The van der Waals surface area contributed by atoms with Crippen LogP contribution in [0.3, 0.4) is 0 Å². The second-order valence-electron chi connectivity index (χ2n) is 8.37. The monoisotopic (exact) mass is 413 g/mol. The molecule has 0 bridgehead atoms. The van der Waals surface area contributed by atoms with Crippen LogP contribution >= 0.6 is 0 Å². The summed E-state index contributed by atoms with van der Waals surface area (Å²) in [6.45, 7) is 6.22. The highest BCUT2D eigenvalue weighted by atomic mass is 32.2. The first-order chi connectivity index (χ1) is 13.6. The number of aliphatic imine (C=N–C) groups is 1. The molecular formula is C22H27N3O3S. The molecule has 29 heavy (non-hydrogen) atoms. The van der Waals surface area contributed by atoms with Crippen molar-refractivity contribution in [2.24, 2.45) is 10.7 Å². The molecule has 1 aliphatic carbocycles. The predicted molar refractivity (Wildman–Crippen MR) is 114 cm³/mol. The van der Waals surface area contributed by atoms with Gasteiger partial charge in [0, 0.05) is 5.56 Å². The van der Waals surface area contributed by atoms with Gasteiger partial charge in [0.2, 0.25) is 10.0 Å². The molecule has 2 aromatic rings. The van der Waals surface area contributed by atoms with Crippen LogP contribution in [0.4, 0.5) is 0 Å². The zero-order valence-corrected chi connectivity index (χ0v) is 17.8. The van der Waals surface area contributed by atoms with Gasteiger partial charge in [0.05, 0.1) is 23.1 Å². The highest BCUT2D eigenvalue weighted by molar-refractivity contribution is 7.89.